The van der Waals surface area contributed by atoms with E-state index in [1.807, 2.05) is 18.6 Å². The lowest BCUT2D eigenvalue weighted by molar-refractivity contribution is 0.0289. The zero-order valence-corrected chi connectivity index (χ0v) is 9.87. The van der Waals surface area contributed by atoms with Crippen molar-refractivity contribution in [3.05, 3.63) is 16.6 Å². The first-order chi connectivity index (χ1) is 7.31. The number of hydrogen-bond donors (Lipinski definition) is 1. The Morgan fingerprint density at radius 2 is 2.47 bits per heavy atom. The van der Waals surface area contributed by atoms with Gasteiger partial charge in [-0.1, -0.05) is 0 Å². The Balaban J connectivity index is 1.89. The van der Waals surface area contributed by atoms with Crippen molar-refractivity contribution in [1.82, 2.24) is 4.98 Å². The third kappa shape index (κ3) is 3.00. The van der Waals surface area contributed by atoms with Gasteiger partial charge in [0.05, 0.1) is 11.6 Å². The van der Waals surface area contributed by atoms with Gasteiger partial charge < -0.3 is 10.5 Å². The predicted molar refractivity (Wildman–Crippen MR) is 61.9 cm³/mol. The Hall–Kier alpha value is -0.450. The number of hydrogen-bond acceptors (Lipinski definition) is 4. The van der Waals surface area contributed by atoms with E-state index in [1.54, 1.807) is 11.3 Å². The van der Waals surface area contributed by atoms with E-state index in [4.69, 9.17) is 10.5 Å². The minimum atomic E-state index is 0.123. The molecule has 1 fully saturated rings. The Bertz CT molecular complexity index is 285. The molecule has 1 heterocycles. The molecule has 84 valence electrons. The van der Waals surface area contributed by atoms with Crippen LogP contribution in [0.1, 0.15) is 24.6 Å². The van der Waals surface area contributed by atoms with Crippen molar-refractivity contribution in [2.75, 3.05) is 6.61 Å². The molecule has 2 atom stereocenters. The molecule has 1 aromatic rings. The molecule has 0 aromatic carbocycles. The van der Waals surface area contributed by atoms with E-state index in [9.17, 15) is 0 Å². The molecule has 0 saturated heterocycles. The fourth-order valence-electron chi connectivity index (χ4n) is 1.92. The van der Waals surface area contributed by atoms with Gasteiger partial charge in [0.15, 0.2) is 0 Å². The second-order valence-corrected chi connectivity index (χ2v) is 5.06. The highest BCUT2D eigenvalue weighted by atomic mass is 32.1. The van der Waals surface area contributed by atoms with Crippen molar-refractivity contribution in [3.63, 3.8) is 0 Å². The molecule has 1 aromatic heterocycles. The van der Waals surface area contributed by atoms with Crippen LogP contribution >= 0.6 is 11.3 Å². The summed E-state index contributed by atoms with van der Waals surface area (Å²) in [5.41, 5.74) is 8.05. The first-order valence-electron chi connectivity index (χ1n) is 5.55. The van der Waals surface area contributed by atoms with Gasteiger partial charge in [-0.05, 0) is 25.7 Å². The summed E-state index contributed by atoms with van der Waals surface area (Å²) in [6.45, 7) is 2.80. The summed E-state index contributed by atoms with van der Waals surface area (Å²) in [5, 5.41) is 0. The van der Waals surface area contributed by atoms with Crippen LogP contribution in [0.5, 0.6) is 0 Å². The van der Waals surface area contributed by atoms with Crippen LogP contribution in [0.3, 0.4) is 0 Å². The molecular formula is C11H18N2OS. The van der Waals surface area contributed by atoms with Crippen molar-refractivity contribution < 1.29 is 4.74 Å². The molecule has 2 rings (SSSR count). The maximum absolute atomic E-state index is 6.19. The number of ether oxygens (including phenoxy) is 1. The number of nitrogens with zero attached hydrogens (tertiary/aromatic N) is 1. The van der Waals surface area contributed by atoms with Crippen molar-refractivity contribution in [2.45, 2.75) is 38.3 Å². The number of thiazole rings is 1. The molecule has 1 aliphatic carbocycles. The first kappa shape index (κ1) is 11.0. The highest BCUT2D eigenvalue weighted by Gasteiger charge is 2.35. The lowest BCUT2D eigenvalue weighted by Gasteiger charge is -2.23. The maximum atomic E-state index is 6.19. The smallest absolute Gasteiger partial charge is 0.0794 e. The van der Waals surface area contributed by atoms with Gasteiger partial charge in [0.25, 0.3) is 0 Å². The largest absolute Gasteiger partial charge is 0.377 e. The molecule has 0 amide bonds. The van der Waals surface area contributed by atoms with Crippen LogP contribution in [0.25, 0.3) is 0 Å². The molecule has 1 aliphatic rings. The van der Waals surface area contributed by atoms with Crippen LogP contribution in [0.4, 0.5) is 0 Å². The van der Waals surface area contributed by atoms with Crippen LogP contribution in [0, 0.1) is 5.92 Å². The third-order valence-electron chi connectivity index (χ3n) is 2.79. The summed E-state index contributed by atoms with van der Waals surface area (Å²) >= 11 is 1.67. The van der Waals surface area contributed by atoms with Gasteiger partial charge >= 0.3 is 0 Å². The second-order valence-electron chi connectivity index (χ2n) is 4.09. The van der Waals surface area contributed by atoms with Gasteiger partial charge in [0.1, 0.15) is 0 Å². The monoisotopic (exact) mass is 226 g/mol. The van der Waals surface area contributed by atoms with E-state index in [2.05, 4.69) is 4.98 Å². The molecule has 1 saturated carbocycles. The van der Waals surface area contributed by atoms with E-state index < -0.39 is 0 Å². The Morgan fingerprint density at radius 3 is 3.00 bits per heavy atom. The lowest BCUT2D eigenvalue weighted by Crippen LogP contribution is -2.40. The van der Waals surface area contributed by atoms with Gasteiger partial charge in [-0.15, -0.1) is 11.3 Å². The highest BCUT2D eigenvalue weighted by Crippen LogP contribution is 2.36. The third-order valence-corrected chi connectivity index (χ3v) is 3.59. The van der Waals surface area contributed by atoms with Crippen LogP contribution in [0.2, 0.25) is 0 Å². The lowest BCUT2D eigenvalue weighted by atomic mass is 10.0. The molecule has 0 radical (unpaired) electrons. The summed E-state index contributed by atoms with van der Waals surface area (Å²) in [6.07, 6.45) is 5.60. The number of nitrogens with two attached hydrogens (primary N) is 1. The molecule has 2 unspecified atom stereocenters. The summed E-state index contributed by atoms with van der Waals surface area (Å²) < 4.78 is 5.74. The fourth-order valence-corrected chi connectivity index (χ4v) is 2.59. The van der Waals surface area contributed by atoms with Crippen LogP contribution in [0.15, 0.2) is 11.7 Å². The molecular weight excluding hydrogens is 208 g/mol. The van der Waals surface area contributed by atoms with Crippen molar-refractivity contribution >= 4 is 11.3 Å². The highest BCUT2D eigenvalue weighted by molar-refractivity contribution is 7.09. The quantitative estimate of drug-likeness (QED) is 0.805. The Labute approximate surface area is 94.7 Å². The predicted octanol–water partition coefficient (Wildman–Crippen LogP) is 1.83. The maximum Gasteiger partial charge on any atom is 0.0794 e. The summed E-state index contributed by atoms with van der Waals surface area (Å²) in [7, 11) is 0. The average molecular weight is 226 g/mol. The zero-order chi connectivity index (χ0) is 10.7. The van der Waals surface area contributed by atoms with Crippen molar-refractivity contribution in [1.29, 1.82) is 0 Å². The van der Waals surface area contributed by atoms with Gasteiger partial charge in [-0.25, -0.2) is 0 Å². The van der Waals surface area contributed by atoms with Crippen LogP contribution in [-0.4, -0.2) is 23.7 Å². The zero-order valence-electron chi connectivity index (χ0n) is 9.06. The molecule has 0 bridgehead atoms. The average Bonchev–Trinajstić information content (AvgIpc) is 2.93. The summed E-state index contributed by atoms with van der Waals surface area (Å²) in [5.74, 6) is 0.702. The minimum Gasteiger partial charge on any atom is -0.377 e. The van der Waals surface area contributed by atoms with Crippen molar-refractivity contribution in [2.24, 2.45) is 11.7 Å². The van der Waals surface area contributed by atoms with Crippen molar-refractivity contribution in [3.8, 4) is 0 Å². The first-order valence-corrected chi connectivity index (χ1v) is 6.43. The number of aromatic nitrogens is 1. The van der Waals surface area contributed by atoms with Gasteiger partial charge in [-0.3, -0.25) is 4.98 Å². The van der Waals surface area contributed by atoms with E-state index in [-0.39, 0.29) is 12.1 Å². The van der Waals surface area contributed by atoms with Gasteiger partial charge in [-0.2, -0.15) is 0 Å². The van der Waals surface area contributed by atoms with E-state index in [0.29, 0.717) is 5.92 Å². The number of rotatable bonds is 6. The second kappa shape index (κ2) is 5.05. The molecule has 0 spiro atoms. The molecule has 2 N–H and O–H groups in total. The topological polar surface area (TPSA) is 48.1 Å². The molecule has 0 aliphatic heterocycles. The van der Waals surface area contributed by atoms with E-state index in [0.717, 1.165) is 13.0 Å². The van der Waals surface area contributed by atoms with Gasteiger partial charge in [0, 0.05) is 30.1 Å². The molecule has 15 heavy (non-hydrogen) atoms. The van der Waals surface area contributed by atoms with E-state index in [1.165, 1.54) is 17.7 Å². The fraction of sp³-hybridized carbons (Fsp3) is 0.727. The normalized spacial score (nSPS) is 20.1. The Kier molecular flexibility index (Phi) is 3.72. The van der Waals surface area contributed by atoms with Gasteiger partial charge in [0.2, 0.25) is 0 Å². The van der Waals surface area contributed by atoms with E-state index >= 15 is 0 Å². The Morgan fingerprint density at radius 1 is 1.67 bits per heavy atom. The van der Waals surface area contributed by atoms with Crippen LogP contribution in [-0.2, 0) is 11.2 Å². The summed E-state index contributed by atoms with van der Waals surface area (Å²) in [6, 6.07) is 0.123. The van der Waals surface area contributed by atoms with Crippen LogP contribution < -0.4 is 5.73 Å². The SMILES string of the molecule is CCOC(C(N)Cc1cncs1)C1CC1. The summed E-state index contributed by atoms with van der Waals surface area (Å²) in [4.78, 5) is 5.32. The standard InChI is InChI=1S/C11H18N2OS/c1-2-14-11(8-3-4-8)10(12)5-9-6-13-7-15-9/h6-8,10-11H,2-5,12H2,1H3. The minimum absolute atomic E-state index is 0.123. The molecule has 4 heteroatoms. The molecule has 3 nitrogen and oxygen atoms in total.